The Morgan fingerprint density at radius 2 is 1.61 bits per heavy atom. The van der Waals surface area contributed by atoms with E-state index < -0.39 is 0 Å². The van der Waals surface area contributed by atoms with Gasteiger partial charge in [-0.2, -0.15) is 4.52 Å². The largest absolute Gasteiger partial charge is 0.353 e. The van der Waals surface area contributed by atoms with Crippen molar-refractivity contribution >= 4 is 23.1 Å². The molecule has 0 N–H and O–H groups in total. The average molecular weight is 399 g/mol. The summed E-state index contributed by atoms with van der Waals surface area (Å²) in [6, 6.07) is 12.6. The van der Waals surface area contributed by atoms with Crippen molar-refractivity contribution in [2.45, 2.75) is 39.2 Å². The van der Waals surface area contributed by atoms with Gasteiger partial charge in [0.1, 0.15) is 5.82 Å². The molecule has 1 aliphatic heterocycles. The number of anilines is 1. The van der Waals surface area contributed by atoms with Gasteiger partial charge in [0.15, 0.2) is 11.5 Å². The summed E-state index contributed by atoms with van der Waals surface area (Å²) in [5.41, 5.74) is 2.00. The van der Waals surface area contributed by atoms with E-state index >= 15 is 0 Å². The highest BCUT2D eigenvalue weighted by Gasteiger charge is 2.25. The first kappa shape index (κ1) is 19.2. The van der Waals surface area contributed by atoms with Crippen molar-refractivity contribution in [3.8, 4) is 0 Å². The predicted octanol–water partition coefficient (Wildman–Crippen LogP) is 3.96. The lowest BCUT2D eigenvalue weighted by atomic mass is 9.96. The molecule has 0 amide bonds. The van der Waals surface area contributed by atoms with Gasteiger partial charge in [-0.25, -0.2) is 0 Å². The Morgan fingerprint density at radius 3 is 2.25 bits per heavy atom. The van der Waals surface area contributed by atoms with Crippen LogP contribution in [0.3, 0.4) is 0 Å². The van der Waals surface area contributed by atoms with Crippen molar-refractivity contribution in [3.63, 3.8) is 0 Å². The molecule has 0 bridgehead atoms. The summed E-state index contributed by atoms with van der Waals surface area (Å²) in [4.78, 5) is 4.86. The van der Waals surface area contributed by atoms with Crippen LogP contribution in [0.15, 0.2) is 36.4 Å². The highest BCUT2D eigenvalue weighted by Crippen LogP contribution is 2.25. The van der Waals surface area contributed by atoms with E-state index in [0.29, 0.717) is 6.04 Å². The SMILES string of the molecule is CC(c1ccc(Cl)cc1)N1CCN(c2ccc3nnc(C(C)(C)C)n3n2)CC1. The van der Waals surface area contributed by atoms with Crippen LogP contribution in [0.2, 0.25) is 5.02 Å². The third-order valence-corrected chi connectivity index (χ3v) is 5.71. The zero-order chi connectivity index (χ0) is 19.9. The smallest absolute Gasteiger partial charge is 0.178 e. The van der Waals surface area contributed by atoms with Crippen LogP contribution in [0.5, 0.6) is 0 Å². The minimum Gasteiger partial charge on any atom is -0.353 e. The van der Waals surface area contributed by atoms with Gasteiger partial charge in [0.25, 0.3) is 0 Å². The van der Waals surface area contributed by atoms with E-state index in [2.05, 4.69) is 65.9 Å². The molecule has 1 unspecified atom stereocenters. The molecule has 0 aliphatic carbocycles. The highest BCUT2D eigenvalue weighted by molar-refractivity contribution is 6.30. The molecule has 6 nitrogen and oxygen atoms in total. The first-order valence-corrected chi connectivity index (χ1v) is 10.2. The van der Waals surface area contributed by atoms with Gasteiger partial charge in [-0.05, 0) is 36.8 Å². The van der Waals surface area contributed by atoms with Crippen molar-refractivity contribution in [2.24, 2.45) is 0 Å². The summed E-state index contributed by atoms with van der Waals surface area (Å²) in [5, 5.41) is 14.2. The van der Waals surface area contributed by atoms with Gasteiger partial charge < -0.3 is 4.90 Å². The fraction of sp³-hybridized carbons (Fsp3) is 0.476. The molecule has 2 aromatic heterocycles. The average Bonchev–Trinajstić information content (AvgIpc) is 3.12. The minimum atomic E-state index is -0.0995. The van der Waals surface area contributed by atoms with Crippen LogP contribution in [0.1, 0.15) is 45.1 Å². The summed E-state index contributed by atoms with van der Waals surface area (Å²) in [6.07, 6.45) is 0. The van der Waals surface area contributed by atoms with E-state index in [9.17, 15) is 0 Å². The maximum absolute atomic E-state index is 6.02. The zero-order valence-electron chi connectivity index (χ0n) is 16.9. The summed E-state index contributed by atoms with van der Waals surface area (Å²) < 4.78 is 1.89. The molecule has 1 saturated heterocycles. The number of rotatable bonds is 3. The molecule has 1 atom stereocenters. The second kappa shape index (κ2) is 7.33. The zero-order valence-corrected chi connectivity index (χ0v) is 17.7. The van der Waals surface area contributed by atoms with Gasteiger partial charge >= 0.3 is 0 Å². The van der Waals surface area contributed by atoms with E-state index in [0.717, 1.165) is 48.5 Å². The predicted molar refractivity (Wildman–Crippen MR) is 113 cm³/mol. The number of halogens is 1. The van der Waals surface area contributed by atoms with Crippen LogP contribution in [0, 0.1) is 0 Å². The van der Waals surface area contributed by atoms with E-state index in [1.54, 1.807) is 0 Å². The molecule has 1 aliphatic rings. The lowest BCUT2D eigenvalue weighted by Gasteiger charge is -2.38. The Hall–Kier alpha value is -2.18. The molecule has 0 saturated carbocycles. The van der Waals surface area contributed by atoms with E-state index in [4.69, 9.17) is 16.7 Å². The Labute approximate surface area is 171 Å². The second-order valence-electron chi connectivity index (χ2n) is 8.49. The topological polar surface area (TPSA) is 49.6 Å². The Balaban J connectivity index is 1.48. The number of benzene rings is 1. The molecule has 0 spiro atoms. The fourth-order valence-corrected chi connectivity index (χ4v) is 3.83. The Morgan fingerprint density at radius 1 is 0.929 bits per heavy atom. The third kappa shape index (κ3) is 3.71. The number of piperazine rings is 1. The lowest BCUT2D eigenvalue weighted by Crippen LogP contribution is -2.47. The van der Waals surface area contributed by atoms with Crippen LogP contribution in [-0.2, 0) is 5.41 Å². The van der Waals surface area contributed by atoms with Crippen molar-refractivity contribution < 1.29 is 0 Å². The number of hydrogen-bond donors (Lipinski definition) is 0. The maximum atomic E-state index is 6.02. The van der Waals surface area contributed by atoms with E-state index in [-0.39, 0.29) is 5.41 Å². The van der Waals surface area contributed by atoms with Crippen LogP contribution >= 0.6 is 11.6 Å². The Kier molecular flexibility index (Phi) is 5.02. The van der Waals surface area contributed by atoms with Crippen LogP contribution in [-0.4, -0.2) is 50.9 Å². The lowest BCUT2D eigenvalue weighted by molar-refractivity contribution is 0.198. The van der Waals surface area contributed by atoms with Crippen LogP contribution < -0.4 is 4.90 Å². The molecule has 7 heteroatoms. The summed E-state index contributed by atoms with van der Waals surface area (Å²) in [7, 11) is 0. The van der Waals surface area contributed by atoms with Crippen molar-refractivity contribution in [1.82, 2.24) is 24.7 Å². The van der Waals surface area contributed by atoms with E-state index in [1.807, 2.05) is 22.7 Å². The van der Waals surface area contributed by atoms with Crippen LogP contribution in [0.25, 0.3) is 5.65 Å². The fourth-order valence-electron chi connectivity index (χ4n) is 3.71. The maximum Gasteiger partial charge on any atom is 0.178 e. The molecule has 4 rings (SSSR count). The number of nitrogens with zero attached hydrogens (tertiary/aromatic N) is 6. The Bertz CT molecular complexity index is 951. The summed E-state index contributed by atoms with van der Waals surface area (Å²) in [6.45, 7) is 12.6. The molecule has 28 heavy (non-hydrogen) atoms. The molecular formula is C21H27ClN6. The quantitative estimate of drug-likeness (QED) is 0.668. The van der Waals surface area contributed by atoms with Gasteiger partial charge in [-0.1, -0.05) is 44.5 Å². The molecule has 3 aromatic rings. The molecule has 1 aromatic carbocycles. The normalized spacial score (nSPS) is 17.2. The van der Waals surface area contributed by atoms with Gasteiger partial charge in [-0.15, -0.1) is 15.3 Å². The number of aromatic nitrogens is 4. The standard InChI is InChI=1S/C21H27ClN6/c1-15(16-5-7-17(22)8-6-16)26-11-13-27(14-12-26)19-10-9-18-23-24-20(21(2,3)4)28(18)25-19/h5-10,15H,11-14H2,1-4H3. The molecule has 148 valence electrons. The monoisotopic (exact) mass is 398 g/mol. The molecule has 1 fully saturated rings. The van der Waals surface area contributed by atoms with Gasteiger partial charge in [0.2, 0.25) is 0 Å². The molecule has 3 heterocycles. The number of hydrogen-bond acceptors (Lipinski definition) is 5. The third-order valence-electron chi connectivity index (χ3n) is 5.46. The number of fused-ring (bicyclic) bond motifs is 1. The van der Waals surface area contributed by atoms with Crippen molar-refractivity contribution in [2.75, 3.05) is 31.1 Å². The minimum absolute atomic E-state index is 0.0995. The van der Waals surface area contributed by atoms with Crippen molar-refractivity contribution in [1.29, 1.82) is 0 Å². The van der Waals surface area contributed by atoms with Gasteiger partial charge in [0.05, 0.1) is 0 Å². The summed E-state index contributed by atoms with van der Waals surface area (Å²) in [5.74, 6) is 1.87. The van der Waals surface area contributed by atoms with Gasteiger partial charge in [0, 0.05) is 42.7 Å². The highest BCUT2D eigenvalue weighted by atomic mass is 35.5. The molecular weight excluding hydrogens is 372 g/mol. The molecule has 0 radical (unpaired) electrons. The first-order chi connectivity index (χ1) is 13.3. The van der Waals surface area contributed by atoms with Crippen molar-refractivity contribution in [3.05, 3.63) is 52.8 Å². The van der Waals surface area contributed by atoms with E-state index in [1.165, 1.54) is 5.56 Å². The van der Waals surface area contributed by atoms with Gasteiger partial charge in [-0.3, -0.25) is 4.90 Å². The first-order valence-electron chi connectivity index (χ1n) is 9.80. The second-order valence-corrected chi connectivity index (χ2v) is 8.92. The van der Waals surface area contributed by atoms with Crippen LogP contribution in [0.4, 0.5) is 5.82 Å². The summed E-state index contributed by atoms with van der Waals surface area (Å²) >= 11 is 6.02.